The molecule has 5 heteroatoms. The molecule has 0 heterocycles. The molecule has 0 atom stereocenters. The first-order valence-corrected chi connectivity index (χ1v) is 6.25. The first-order chi connectivity index (χ1) is 9.56. The molecule has 0 saturated carbocycles. The van der Waals surface area contributed by atoms with Gasteiger partial charge >= 0.3 is 5.97 Å². The van der Waals surface area contributed by atoms with Crippen LogP contribution in [0.3, 0.4) is 0 Å². The summed E-state index contributed by atoms with van der Waals surface area (Å²) in [6.07, 6.45) is 2.94. The highest BCUT2D eigenvalue weighted by Crippen LogP contribution is 2.06. The molecule has 1 rings (SSSR count). The minimum atomic E-state index is -0.929. The molecule has 5 nitrogen and oxygen atoms in total. The molecule has 1 amide bonds. The SMILES string of the molecule is CCN(CCC(=O)O)C(=O)/C=C/c1cccc(C#N)c1. The summed E-state index contributed by atoms with van der Waals surface area (Å²) in [4.78, 5) is 23.9. The standard InChI is InChI=1S/C15H16N2O3/c1-2-17(9-8-15(19)20)14(18)7-6-12-4-3-5-13(10-12)11-16/h3-7,10H,2,8-9H2,1H3,(H,19,20)/b7-6+. The zero-order valence-electron chi connectivity index (χ0n) is 11.2. The van der Waals surface area contributed by atoms with Crippen molar-refractivity contribution in [1.29, 1.82) is 5.26 Å². The van der Waals surface area contributed by atoms with Crippen molar-refractivity contribution in [3.05, 3.63) is 41.5 Å². The van der Waals surface area contributed by atoms with Crippen LogP contribution >= 0.6 is 0 Å². The Balaban J connectivity index is 2.69. The molecule has 0 bridgehead atoms. The number of nitrogens with zero attached hydrogens (tertiary/aromatic N) is 2. The van der Waals surface area contributed by atoms with Gasteiger partial charge in [0.25, 0.3) is 0 Å². The summed E-state index contributed by atoms with van der Waals surface area (Å²) in [6.45, 7) is 2.44. The van der Waals surface area contributed by atoms with E-state index in [1.807, 2.05) is 6.07 Å². The van der Waals surface area contributed by atoms with Crippen LogP contribution in [0.4, 0.5) is 0 Å². The molecule has 0 saturated heterocycles. The molecule has 0 fully saturated rings. The van der Waals surface area contributed by atoms with Gasteiger partial charge in [-0.05, 0) is 30.7 Å². The number of benzene rings is 1. The fraction of sp³-hybridized carbons (Fsp3) is 0.267. The maximum Gasteiger partial charge on any atom is 0.305 e. The first kappa shape index (κ1) is 15.4. The van der Waals surface area contributed by atoms with Gasteiger partial charge in [-0.1, -0.05) is 12.1 Å². The summed E-state index contributed by atoms with van der Waals surface area (Å²) >= 11 is 0. The Kier molecular flexibility index (Phi) is 5.98. The molecule has 0 radical (unpaired) electrons. The van der Waals surface area contributed by atoms with Gasteiger partial charge in [0.1, 0.15) is 0 Å². The van der Waals surface area contributed by atoms with E-state index in [9.17, 15) is 9.59 Å². The molecule has 0 aliphatic rings. The van der Waals surface area contributed by atoms with Crippen LogP contribution in [0.5, 0.6) is 0 Å². The summed E-state index contributed by atoms with van der Waals surface area (Å²) in [6, 6.07) is 8.92. The number of likely N-dealkylation sites (N-methyl/N-ethyl adjacent to an activating group) is 1. The second-order valence-corrected chi connectivity index (χ2v) is 4.13. The third-order valence-electron chi connectivity index (χ3n) is 2.72. The molecular weight excluding hydrogens is 256 g/mol. The lowest BCUT2D eigenvalue weighted by molar-refractivity contribution is -0.137. The van der Waals surface area contributed by atoms with Gasteiger partial charge in [0.15, 0.2) is 0 Å². The fourth-order valence-electron chi connectivity index (χ4n) is 1.64. The maximum absolute atomic E-state index is 11.9. The Hall–Kier alpha value is -2.61. The van der Waals surface area contributed by atoms with Crippen molar-refractivity contribution >= 4 is 18.0 Å². The van der Waals surface area contributed by atoms with Gasteiger partial charge in [0.05, 0.1) is 18.1 Å². The van der Waals surface area contributed by atoms with Crippen LogP contribution in [0.2, 0.25) is 0 Å². The first-order valence-electron chi connectivity index (χ1n) is 6.25. The van der Waals surface area contributed by atoms with Crippen LogP contribution in [0.1, 0.15) is 24.5 Å². The molecule has 20 heavy (non-hydrogen) atoms. The third kappa shape index (κ3) is 4.94. The van der Waals surface area contributed by atoms with Crippen LogP contribution < -0.4 is 0 Å². The van der Waals surface area contributed by atoms with Gasteiger partial charge in [-0.3, -0.25) is 9.59 Å². The molecule has 0 unspecified atom stereocenters. The molecule has 0 aromatic heterocycles. The predicted molar refractivity (Wildman–Crippen MR) is 74.7 cm³/mol. The van der Waals surface area contributed by atoms with Gasteiger partial charge in [0.2, 0.25) is 5.91 Å². The number of hydrogen-bond donors (Lipinski definition) is 1. The lowest BCUT2D eigenvalue weighted by Gasteiger charge is -2.17. The van der Waals surface area contributed by atoms with E-state index in [1.54, 1.807) is 37.3 Å². The van der Waals surface area contributed by atoms with E-state index in [-0.39, 0.29) is 18.9 Å². The maximum atomic E-state index is 11.9. The second kappa shape index (κ2) is 7.74. The summed E-state index contributed by atoms with van der Waals surface area (Å²) in [5.41, 5.74) is 1.28. The molecule has 0 aliphatic carbocycles. The molecule has 1 aromatic rings. The van der Waals surface area contributed by atoms with Crippen molar-refractivity contribution in [2.75, 3.05) is 13.1 Å². The molecule has 0 aliphatic heterocycles. The highest BCUT2D eigenvalue weighted by atomic mass is 16.4. The minimum Gasteiger partial charge on any atom is -0.481 e. The van der Waals surface area contributed by atoms with Crippen molar-refractivity contribution in [3.63, 3.8) is 0 Å². The van der Waals surface area contributed by atoms with Crippen LogP contribution in [-0.4, -0.2) is 35.0 Å². The topological polar surface area (TPSA) is 81.4 Å². The highest BCUT2D eigenvalue weighted by molar-refractivity contribution is 5.92. The van der Waals surface area contributed by atoms with E-state index in [0.29, 0.717) is 12.1 Å². The van der Waals surface area contributed by atoms with Crippen LogP contribution in [-0.2, 0) is 9.59 Å². The molecule has 1 aromatic carbocycles. The number of carboxylic acids is 1. The van der Waals surface area contributed by atoms with E-state index < -0.39 is 5.97 Å². The number of aliphatic carboxylic acids is 1. The molecule has 104 valence electrons. The van der Waals surface area contributed by atoms with E-state index in [4.69, 9.17) is 10.4 Å². The second-order valence-electron chi connectivity index (χ2n) is 4.13. The number of rotatable bonds is 6. The van der Waals surface area contributed by atoms with Gasteiger partial charge in [-0.25, -0.2) is 0 Å². The Morgan fingerprint density at radius 2 is 2.20 bits per heavy atom. The van der Waals surface area contributed by atoms with E-state index >= 15 is 0 Å². The number of nitriles is 1. The normalized spacial score (nSPS) is 10.2. The smallest absolute Gasteiger partial charge is 0.305 e. The van der Waals surface area contributed by atoms with Crippen molar-refractivity contribution in [2.45, 2.75) is 13.3 Å². The zero-order chi connectivity index (χ0) is 15.0. The Bertz CT molecular complexity index is 558. The van der Waals surface area contributed by atoms with Crippen LogP contribution in [0.25, 0.3) is 6.08 Å². The van der Waals surface area contributed by atoms with Gasteiger partial charge < -0.3 is 10.0 Å². The summed E-state index contributed by atoms with van der Waals surface area (Å²) < 4.78 is 0. The fourth-order valence-corrected chi connectivity index (χ4v) is 1.64. The number of carbonyl (C=O) groups excluding carboxylic acids is 1. The monoisotopic (exact) mass is 272 g/mol. The number of amides is 1. The average Bonchev–Trinajstić information content (AvgIpc) is 2.45. The van der Waals surface area contributed by atoms with Crippen molar-refractivity contribution < 1.29 is 14.7 Å². The molecular formula is C15H16N2O3. The molecule has 0 spiro atoms. The Morgan fingerprint density at radius 3 is 2.80 bits per heavy atom. The van der Waals surface area contributed by atoms with Crippen molar-refractivity contribution in [2.24, 2.45) is 0 Å². The van der Waals surface area contributed by atoms with Gasteiger partial charge in [-0.15, -0.1) is 0 Å². The lowest BCUT2D eigenvalue weighted by atomic mass is 10.1. The van der Waals surface area contributed by atoms with Gasteiger partial charge in [0, 0.05) is 19.2 Å². The average molecular weight is 272 g/mol. The minimum absolute atomic E-state index is 0.0721. The summed E-state index contributed by atoms with van der Waals surface area (Å²) in [7, 11) is 0. The van der Waals surface area contributed by atoms with E-state index in [0.717, 1.165) is 5.56 Å². The van der Waals surface area contributed by atoms with Gasteiger partial charge in [-0.2, -0.15) is 5.26 Å². The van der Waals surface area contributed by atoms with Crippen molar-refractivity contribution in [3.8, 4) is 6.07 Å². The quantitative estimate of drug-likeness (QED) is 0.802. The Labute approximate surface area is 117 Å². The zero-order valence-corrected chi connectivity index (χ0v) is 11.2. The summed E-state index contributed by atoms with van der Waals surface area (Å²) in [5.74, 6) is -1.17. The highest BCUT2D eigenvalue weighted by Gasteiger charge is 2.09. The van der Waals surface area contributed by atoms with Crippen molar-refractivity contribution in [1.82, 2.24) is 4.90 Å². The van der Waals surface area contributed by atoms with Crippen LogP contribution in [0.15, 0.2) is 30.3 Å². The number of carboxylic acid groups (broad SMARTS) is 1. The third-order valence-corrected chi connectivity index (χ3v) is 2.72. The predicted octanol–water partition coefficient (Wildman–Crippen LogP) is 1.89. The van der Waals surface area contributed by atoms with Crippen LogP contribution in [0, 0.1) is 11.3 Å². The van der Waals surface area contributed by atoms with E-state index in [1.165, 1.54) is 11.0 Å². The number of carbonyl (C=O) groups is 2. The Morgan fingerprint density at radius 1 is 1.45 bits per heavy atom. The lowest BCUT2D eigenvalue weighted by Crippen LogP contribution is -2.31. The number of hydrogen-bond acceptors (Lipinski definition) is 3. The summed E-state index contributed by atoms with van der Waals surface area (Å²) in [5, 5.41) is 17.4. The largest absolute Gasteiger partial charge is 0.481 e. The van der Waals surface area contributed by atoms with E-state index in [2.05, 4.69) is 0 Å². The molecule has 1 N–H and O–H groups in total.